The molecule has 120 valence electrons. The standard InChI is InChI=1S/C20H16FNOS/c1-14-18(4-2-3-13-23)24-20(16-5-7-17(21)8-6-16)19(14)15-9-11-22-12-10-15/h5-12,23H,3,13H2,1H3. The molecule has 0 radical (unpaired) electrons. The molecule has 4 heteroatoms. The predicted octanol–water partition coefficient (Wildman–Crippen LogP) is 4.66. The first-order valence-electron chi connectivity index (χ1n) is 7.60. The number of nitrogens with zero attached hydrogens (tertiary/aromatic N) is 1. The third kappa shape index (κ3) is 3.38. The number of aliphatic hydroxyl groups is 1. The fourth-order valence-electron chi connectivity index (χ4n) is 2.50. The van der Waals surface area contributed by atoms with Crippen molar-refractivity contribution in [2.75, 3.05) is 6.61 Å². The summed E-state index contributed by atoms with van der Waals surface area (Å²) in [5.74, 6) is 5.88. The number of rotatable bonds is 3. The van der Waals surface area contributed by atoms with Gasteiger partial charge in [0.15, 0.2) is 0 Å². The van der Waals surface area contributed by atoms with Crippen LogP contribution >= 0.6 is 11.3 Å². The van der Waals surface area contributed by atoms with E-state index in [0.29, 0.717) is 6.42 Å². The number of hydrogen-bond donors (Lipinski definition) is 1. The van der Waals surface area contributed by atoms with Gasteiger partial charge >= 0.3 is 0 Å². The van der Waals surface area contributed by atoms with Crippen LogP contribution in [0.15, 0.2) is 48.8 Å². The molecule has 1 aromatic carbocycles. The molecule has 0 aliphatic heterocycles. The predicted molar refractivity (Wildman–Crippen MR) is 96.3 cm³/mol. The van der Waals surface area contributed by atoms with Crippen molar-refractivity contribution in [2.24, 2.45) is 0 Å². The molecular weight excluding hydrogens is 321 g/mol. The lowest BCUT2D eigenvalue weighted by molar-refractivity contribution is 0.305. The van der Waals surface area contributed by atoms with Crippen LogP contribution in [0.2, 0.25) is 0 Å². The van der Waals surface area contributed by atoms with Gasteiger partial charge in [0, 0.05) is 29.3 Å². The molecule has 0 fully saturated rings. The highest BCUT2D eigenvalue weighted by atomic mass is 32.1. The third-order valence-corrected chi connectivity index (χ3v) is 4.92. The zero-order chi connectivity index (χ0) is 16.9. The average Bonchev–Trinajstić information content (AvgIpc) is 2.93. The van der Waals surface area contributed by atoms with Crippen LogP contribution in [0.4, 0.5) is 4.39 Å². The molecule has 0 aliphatic rings. The van der Waals surface area contributed by atoms with Crippen LogP contribution in [0.3, 0.4) is 0 Å². The summed E-state index contributed by atoms with van der Waals surface area (Å²) in [6.07, 6.45) is 3.98. The molecule has 0 saturated heterocycles. The molecule has 0 unspecified atom stereocenters. The Balaban J connectivity index is 2.18. The van der Waals surface area contributed by atoms with Crippen molar-refractivity contribution >= 4 is 11.3 Å². The van der Waals surface area contributed by atoms with Crippen molar-refractivity contribution < 1.29 is 9.50 Å². The van der Waals surface area contributed by atoms with E-state index in [1.807, 2.05) is 19.1 Å². The quantitative estimate of drug-likeness (QED) is 0.705. The largest absolute Gasteiger partial charge is 0.395 e. The molecule has 2 nitrogen and oxygen atoms in total. The summed E-state index contributed by atoms with van der Waals surface area (Å²) in [4.78, 5) is 6.11. The van der Waals surface area contributed by atoms with E-state index in [4.69, 9.17) is 5.11 Å². The molecule has 0 spiro atoms. The molecule has 0 bridgehead atoms. The van der Waals surface area contributed by atoms with Crippen LogP contribution in [0.1, 0.15) is 16.9 Å². The zero-order valence-electron chi connectivity index (χ0n) is 13.2. The van der Waals surface area contributed by atoms with Gasteiger partial charge in [-0.05, 0) is 47.9 Å². The van der Waals surface area contributed by atoms with E-state index in [9.17, 15) is 4.39 Å². The van der Waals surface area contributed by atoms with Crippen molar-refractivity contribution in [1.82, 2.24) is 4.98 Å². The Morgan fingerprint density at radius 2 is 1.79 bits per heavy atom. The first-order chi connectivity index (χ1) is 11.7. The number of halogens is 1. The number of thiophene rings is 1. The van der Waals surface area contributed by atoms with E-state index >= 15 is 0 Å². The maximum Gasteiger partial charge on any atom is 0.123 e. The highest BCUT2D eigenvalue weighted by Gasteiger charge is 2.17. The van der Waals surface area contributed by atoms with Crippen molar-refractivity contribution in [3.63, 3.8) is 0 Å². The summed E-state index contributed by atoms with van der Waals surface area (Å²) in [6, 6.07) is 10.4. The summed E-state index contributed by atoms with van der Waals surface area (Å²) < 4.78 is 13.3. The van der Waals surface area contributed by atoms with Crippen LogP contribution < -0.4 is 0 Å². The van der Waals surface area contributed by atoms with Crippen LogP contribution in [-0.2, 0) is 0 Å². The Bertz CT molecular complexity index is 889. The Morgan fingerprint density at radius 1 is 1.08 bits per heavy atom. The van der Waals surface area contributed by atoms with Crippen molar-refractivity contribution in [1.29, 1.82) is 0 Å². The van der Waals surface area contributed by atoms with Crippen LogP contribution in [0.25, 0.3) is 21.6 Å². The summed E-state index contributed by atoms with van der Waals surface area (Å²) in [5, 5.41) is 8.91. The molecular formula is C20H16FNOS. The first-order valence-corrected chi connectivity index (χ1v) is 8.42. The number of benzene rings is 1. The van der Waals surface area contributed by atoms with Gasteiger partial charge in [-0.25, -0.2) is 4.39 Å². The fraction of sp³-hybridized carbons (Fsp3) is 0.150. The minimum atomic E-state index is -0.250. The zero-order valence-corrected chi connectivity index (χ0v) is 14.0. The highest BCUT2D eigenvalue weighted by Crippen LogP contribution is 2.42. The van der Waals surface area contributed by atoms with Crippen molar-refractivity contribution in [3.05, 3.63) is 65.0 Å². The average molecular weight is 337 g/mol. The molecule has 3 rings (SSSR count). The van der Waals surface area contributed by atoms with Gasteiger partial charge in [0.2, 0.25) is 0 Å². The normalized spacial score (nSPS) is 10.3. The van der Waals surface area contributed by atoms with Crippen molar-refractivity contribution in [2.45, 2.75) is 13.3 Å². The summed E-state index contributed by atoms with van der Waals surface area (Å²) in [7, 11) is 0. The van der Waals surface area contributed by atoms with Gasteiger partial charge in [0.05, 0.1) is 11.5 Å². The highest BCUT2D eigenvalue weighted by molar-refractivity contribution is 7.16. The molecule has 0 saturated carbocycles. The molecule has 0 atom stereocenters. The topological polar surface area (TPSA) is 33.1 Å². The second-order valence-electron chi connectivity index (χ2n) is 5.28. The van der Waals surface area contributed by atoms with E-state index < -0.39 is 0 Å². The van der Waals surface area contributed by atoms with Gasteiger partial charge in [0.1, 0.15) is 5.82 Å². The van der Waals surface area contributed by atoms with Crippen LogP contribution in [0.5, 0.6) is 0 Å². The van der Waals surface area contributed by atoms with Gasteiger partial charge in [-0.15, -0.1) is 11.3 Å². The van der Waals surface area contributed by atoms with Crippen molar-refractivity contribution in [3.8, 4) is 33.4 Å². The SMILES string of the molecule is Cc1c(C#CCCO)sc(-c2ccc(F)cc2)c1-c1ccncc1. The minimum absolute atomic E-state index is 0.0550. The number of aromatic nitrogens is 1. The Labute approximate surface area is 144 Å². The Morgan fingerprint density at radius 3 is 2.46 bits per heavy atom. The number of pyridine rings is 1. The molecule has 3 aromatic rings. The maximum absolute atomic E-state index is 13.3. The molecule has 2 aromatic heterocycles. The van der Waals surface area contributed by atoms with Gasteiger partial charge in [0.25, 0.3) is 0 Å². The van der Waals surface area contributed by atoms with E-state index in [1.54, 1.807) is 35.9 Å². The monoisotopic (exact) mass is 337 g/mol. The van der Waals surface area contributed by atoms with E-state index in [0.717, 1.165) is 32.0 Å². The van der Waals surface area contributed by atoms with Gasteiger partial charge in [-0.1, -0.05) is 24.0 Å². The minimum Gasteiger partial charge on any atom is -0.395 e. The first kappa shape index (κ1) is 16.4. The lowest BCUT2D eigenvalue weighted by Crippen LogP contribution is -1.84. The Kier molecular flexibility index (Phi) is 5.05. The van der Waals surface area contributed by atoms with Crippen LogP contribution in [-0.4, -0.2) is 16.7 Å². The van der Waals surface area contributed by atoms with E-state index in [1.165, 1.54) is 12.1 Å². The molecule has 1 N–H and O–H groups in total. The van der Waals surface area contributed by atoms with E-state index in [2.05, 4.69) is 16.8 Å². The summed E-state index contributed by atoms with van der Waals surface area (Å²) >= 11 is 1.59. The third-order valence-electron chi connectivity index (χ3n) is 3.66. The van der Waals surface area contributed by atoms with Gasteiger partial charge in [-0.3, -0.25) is 4.98 Å². The fourth-order valence-corrected chi connectivity index (χ4v) is 3.71. The second-order valence-corrected chi connectivity index (χ2v) is 6.30. The second kappa shape index (κ2) is 7.39. The molecule has 2 heterocycles. The molecule has 24 heavy (non-hydrogen) atoms. The Hall–Kier alpha value is -2.48. The number of hydrogen-bond acceptors (Lipinski definition) is 3. The van der Waals surface area contributed by atoms with Crippen LogP contribution in [0, 0.1) is 24.6 Å². The molecule has 0 amide bonds. The summed E-state index contributed by atoms with van der Waals surface area (Å²) in [6.45, 7) is 2.10. The lowest BCUT2D eigenvalue weighted by atomic mass is 9.99. The van der Waals surface area contributed by atoms with Gasteiger partial charge in [-0.2, -0.15) is 0 Å². The maximum atomic E-state index is 13.3. The summed E-state index contributed by atoms with van der Waals surface area (Å²) in [5.41, 5.74) is 4.22. The number of aliphatic hydroxyl groups excluding tert-OH is 1. The van der Waals surface area contributed by atoms with Gasteiger partial charge < -0.3 is 5.11 Å². The lowest BCUT2D eigenvalue weighted by Gasteiger charge is -2.06. The van der Waals surface area contributed by atoms with E-state index in [-0.39, 0.29) is 12.4 Å². The smallest absolute Gasteiger partial charge is 0.123 e. The molecule has 0 aliphatic carbocycles.